The maximum Gasteiger partial charge on any atom is 0.434 e. The second kappa shape index (κ2) is 8.14. The van der Waals surface area contributed by atoms with Crippen LogP contribution in [0.3, 0.4) is 0 Å². The van der Waals surface area contributed by atoms with E-state index in [1.54, 1.807) is 6.07 Å². The number of hydrogen-bond donors (Lipinski definition) is 0. The highest BCUT2D eigenvalue weighted by Crippen LogP contribution is 2.31. The third-order valence-corrected chi connectivity index (χ3v) is 5.66. The molecule has 0 aliphatic carbocycles. The van der Waals surface area contributed by atoms with Gasteiger partial charge in [-0.3, -0.25) is 0 Å². The predicted octanol–water partition coefficient (Wildman–Crippen LogP) is 4.71. The van der Waals surface area contributed by atoms with Crippen LogP contribution in [-0.2, 0) is 6.18 Å². The number of anilines is 2. The first-order chi connectivity index (χ1) is 13.2. The van der Waals surface area contributed by atoms with E-state index in [-0.39, 0.29) is 17.8 Å². The van der Waals surface area contributed by atoms with Crippen LogP contribution in [0.2, 0.25) is 0 Å². The molecule has 0 radical (unpaired) electrons. The Morgan fingerprint density at radius 3 is 2.46 bits per heavy atom. The number of thioether (sulfide) groups is 1. The molecule has 0 saturated carbocycles. The Morgan fingerprint density at radius 1 is 1.14 bits per heavy atom. The van der Waals surface area contributed by atoms with Gasteiger partial charge in [0.2, 0.25) is 0 Å². The minimum absolute atomic E-state index is 0.0440. The number of benzene rings is 1. The molecule has 3 rings (SSSR count). The molecule has 0 bridgehead atoms. The lowest BCUT2D eigenvalue weighted by Crippen LogP contribution is -2.56. The normalized spacial score (nSPS) is 18.1. The third kappa shape index (κ3) is 4.34. The van der Waals surface area contributed by atoms with Gasteiger partial charge >= 0.3 is 6.18 Å². The molecule has 1 atom stereocenters. The number of piperazine rings is 1. The summed E-state index contributed by atoms with van der Waals surface area (Å²) in [6.07, 6.45) is -0.693. The van der Waals surface area contributed by atoms with Crippen LogP contribution in [0.15, 0.2) is 35.5 Å². The summed E-state index contributed by atoms with van der Waals surface area (Å²) in [5.74, 6) is 0.443. The van der Waals surface area contributed by atoms with Crippen LogP contribution in [0.25, 0.3) is 0 Å². The van der Waals surface area contributed by atoms with Crippen LogP contribution in [0.4, 0.5) is 29.1 Å². The maximum absolute atomic E-state index is 13.8. The highest BCUT2D eigenvalue weighted by atomic mass is 32.2. The van der Waals surface area contributed by atoms with Gasteiger partial charge in [0.1, 0.15) is 11.6 Å². The molecule has 1 fully saturated rings. The monoisotopic (exact) mass is 414 g/mol. The van der Waals surface area contributed by atoms with E-state index in [4.69, 9.17) is 0 Å². The summed E-state index contributed by atoms with van der Waals surface area (Å²) >= 11 is 1.36. The van der Waals surface area contributed by atoms with Gasteiger partial charge in [-0.2, -0.15) is 13.2 Å². The lowest BCUT2D eigenvalue weighted by atomic mass is 9.99. The average molecular weight is 414 g/mol. The number of alkyl halides is 3. The standard InChI is InChI=1S/C19H22F4N4S/c1-12(2)15-11-26(13-4-5-14(20)16(8-13)28-3)6-7-27(15)18-10-24-17(9-25-18)19(21,22)23/h4-5,8-10,12,15H,6-7,11H2,1-3H3. The van der Waals surface area contributed by atoms with Gasteiger partial charge in [-0.15, -0.1) is 11.8 Å². The summed E-state index contributed by atoms with van der Waals surface area (Å²) in [4.78, 5) is 12.3. The highest BCUT2D eigenvalue weighted by Gasteiger charge is 2.34. The van der Waals surface area contributed by atoms with Crippen molar-refractivity contribution in [3.8, 4) is 0 Å². The molecule has 0 amide bonds. The highest BCUT2D eigenvalue weighted by molar-refractivity contribution is 7.98. The molecule has 0 spiro atoms. The van der Waals surface area contributed by atoms with Crippen molar-refractivity contribution in [2.75, 3.05) is 35.7 Å². The van der Waals surface area contributed by atoms with Crippen molar-refractivity contribution in [1.82, 2.24) is 9.97 Å². The van der Waals surface area contributed by atoms with Crippen molar-refractivity contribution < 1.29 is 17.6 Å². The molecule has 9 heteroatoms. The van der Waals surface area contributed by atoms with E-state index in [2.05, 4.69) is 28.7 Å². The molecule has 152 valence electrons. The fraction of sp³-hybridized carbons (Fsp3) is 0.474. The summed E-state index contributed by atoms with van der Waals surface area (Å²) < 4.78 is 52.0. The van der Waals surface area contributed by atoms with Gasteiger partial charge in [0.15, 0.2) is 5.69 Å². The molecule has 2 heterocycles. The van der Waals surface area contributed by atoms with Crippen molar-refractivity contribution in [2.24, 2.45) is 5.92 Å². The van der Waals surface area contributed by atoms with Gasteiger partial charge in [-0.25, -0.2) is 14.4 Å². The minimum Gasteiger partial charge on any atom is -0.368 e. The Morgan fingerprint density at radius 2 is 1.89 bits per heavy atom. The molecule has 1 aromatic heterocycles. The molecule has 2 aromatic rings. The van der Waals surface area contributed by atoms with Crippen LogP contribution in [0.5, 0.6) is 0 Å². The maximum atomic E-state index is 13.8. The molecular formula is C19H22F4N4S. The second-order valence-electron chi connectivity index (χ2n) is 7.03. The van der Waals surface area contributed by atoms with Crippen LogP contribution < -0.4 is 9.80 Å². The van der Waals surface area contributed by atoms with Gasteiger partial charge in [0.25, 0.3) is 0 Å². The Labute approximate surface area is 166 Å². The summed E-state index contributed by atoms with van der Waals surface area (Å²) in [6, 6.07) is 5.12. The van der Waals surface area contributed by atoms with Crippen molar-refractivity contribution in [2.45, 2.75) is 31.0 Å². The quantitative estimate of drug-likeness (QED) is 0.535. The Balaban J connectivity index is 1.81. The number of rotatable bonds is 4. The third-order valence-electron chi connectivity index (χ3n) is 4.91. The zero-order chi connectivity index (χ0) is 20.5. The molecule has 1 unspecified atom stereocenters. The SMILES string of the molecule is CSc1cc(N2CCN(c3cnc(C(F)(F)F)cn3)C(C(C)C)C2)ccc1F. The zero-order valence-electron chi connectivity index (χ0n) is 15.9. The van der Waals surface area contributed by atoms with E-state index >= 15 is 0 Å². The first kappa shape index (κ1) is 20.7. The average Bonchev–Trinajstić information content (AvgIpc) is 2.67. The van der Waals surface area contributed by atoms with Gasteiger partial charge in [-0.1, -0.05) is 13.8 Å². The second-order valence-corrected chi connectivity index (χ2v) is 7.88. The lowest BCUT2D eigenvalue weighted by Gasteiger charge is -2.45. The molecule has 1 aliphatic rings. The smallest absolute Gasteiger partial charge is 0.368 e. The predicted molar refractivity (Wildman–Crippen MR) is 103 cm³/mol. The van der Waals surface area contributed by atoms with Gasteiger partial charge in [0.05, 0.1) is 18.4 Å². The zero-order valence-corrected chi connectivity index (χ0v) is 16.7. The number of hydrogen-bond acceptors (Lipinski definition) is 5. The fourth-order valence-corrected chi connectivity index (χ4v) is 3.86. The van der Waals surface area contributed by atoms with Crippen molar-refractivity contribution >= 4 is 23.3 Å². The summed E-state index contributed by atoms with van der Waals surface area (Å²) in [5.41, 5.74) is -0.0542. The molecule has 0 N–H and O–H groups in total. The first-order valence-corrected chi connectivity index (χ1v) is 10.2. The topological polar surface area (TPSA) is 32.3 Å². The van der Waals surface area contributed by atoms with Crippen LogP contribution in [-0.4, -0.2) is 41.9 Å². The number of halogens is 4. The van der Waals surface area contributed by atoms with Crippen molar-refractivity contribution in [3.05, 3.63) is 42.1 Å². The molecule has 4 nitrogen and oxygen atoms in total. The van der Waals surface area contributed by atoms with E-state index in [9.17, 15) is 17.6 Å². The van der Waals surface area contributed by atoms with Crippen LogP contribution in [0.1, 0.15) is 19.5 Å². The molecule has 28 heavy (non-hydrogen) atoms. The van der Waals surface area contributed by atoms with E-state index in [1.807, 2.05) is 17.2 Å². The number of nitrogens with zero attached hydrogens (tertiary/aromatic N) is 4. The van der Waals surface area contributed by atoms with Crippen LogP contribution >= 0.6 is 11.8 Å². The van der Waals surface area contributed by atoms with E-state index in [1.165, 1.54) is 24.0 Å². The van der Waals surface area contributed by atoms with Gasteiger partial charge in [0, 0.05) is 30.2 Å². The van der Waals surface area contributed by atoms with Crippen molar-refractivity contribution in [1.29, 1.82) is 0 Å². The molecule has 1 aliphatic heterocycles. The molecule has 1 saturated heterocycles. The summed E-state index contributed by atoms with van der Waals surface area (Å²) in [5, 5.41) is 0. The van der Waals surface area contributed by atoms with E-state index in [0.717, 1.165) is 11.9 Å². The minimum atomic E-state index is -4.50. The van der Waals surface area contributed by atoms with Crippen LogP contribution in [0, 0.1) is 11.7 Å². The Hall–Kier alpha value is -2.03. The molecule has 1 aromatic carbocycles. The molecular weight excluding hydrogens is 392 g/mol. The van der Waals surface area contributed by atoms with E-state index < -0.39 is 11.9 Å². The van der Waals surface area contributed by atoms with E-state index in [0.29, 0.717) is 30.3 Å². The first-order valence-electron chi connectivity index (χ1n) is 8.95. The van der Waals surface area contributed by atoms with Crippen molar-refractivity contribution in [3.63, 3.8) is 0 Å². The summed E-state index contributed by atoms with van der Waals surface area (Å²) in [6.45, 7) is 6.05. The largest absolute Gasteiger partial charge is 0.434 e. The Kier molecular flexibility index (Phi) is 6.02. The van der Waals surface area contributed by atoms with Gasteiger partial charge in [-0.05, 0) is 30.4 Å². The summed E-state index contributed by atoms with van der Waals surface area (Å²) in [7, 11) is 0. The Bertz CT molecular complexity index is 811. The van der Waals surface area contributed by atoms with Gasteiger partial charge < -0.3 is 9.80 Å². The number of aromatic nitrogens is 2. The fourth-order valence-electron chi connectivity index (χ4n) is 3.36. The lowest BCUT2D eigenvalue weighted by molar-refractivity contribution is -0.141.